The Bertz CT molecular complexity index is 942. The van der Waals surface area contributed by atoms with Crippen molar-refractivity contribution in [2.45, 2.75) is 27.7 Å². The lowest BCUT2D eigenvalue weighted by Gasteiger charge is -2.23. The van der Waals surface area contributed by atoms with Crippen LogP contribution in [0.3, 0.4) is 0 Å². The van der Waals surface area contributed by atoms with Crippen molar-refractivity contribution in [2.75, 3.05) is 10.6 Å². The number of para-hydroxylation sites is 2. The number of carbonyl (C=O) groups is 2. The molecule has 0 spiro atoms. The molecule has 0 amide bonds. The van der Waals surface area contributed by atoms with Crippen LogP contribution in [0.1, 0.15) is 22.3 Å². The summed E-state index contributed by atoms with van der Waals surface area (Å²) in [6, 6.07) is 11.7. The maximum absolute atomic E-state index is 13.0. The number of halogens is 2. The normalized spacial score (nSPS) is 14.6. The maximum Gasteiger partial charge on any atom is 0.219 e. The van der Waals surface area contributed by atoms with Crippen molar-refractivity contribution in [1.82, 2.24) is 0 Å². The van der Waals surface area contributed by atoms with Crippen molar-refractivity contribution in [3.63, 3.8) is 0 Å². The van der Waals surface area contributed by atoms with Crippen LogP contribution in [-0.4, -0.2) is 11.6 Å². The number of allylic oxidation sites excluding steroid dienone is 2. The summed E-state index contributed by atoms with van der Waals surface area (Å²) in [7, 11) is 0. The van der Waals surface area contributed by atoms with Crippen LogP contribution in [0, 0.1) is 27.7 Å². The summed E-state index contributed by atoms with van der Waals surface area (Å²) in [6.45, 7) is 7.82. The van der Waals surface area contributed by atoms with Crippen LogP contribution in [0.2, 0.25) is 0 Å². The van der Waals surface area contributed by atoms with Crippen molar-refractivity contribution < 1.29 is 9.59 Å². The van der Waals surface area contributed by atoms with E-state index < -0.39 is 0 Å². The number of ketones is 2. The predicted octanol–water partition coefficient (Wildman–Crippen LogP) is 5.81. The lowest BCUT2D eigenvalue weighted by Crippen LogP contribution is -2.27. The van der Waals surface area contributed by atoms with E-state index in [0.29, 0.717) is 0 Å². The monoisotopic (exact) mass is 502 g/mol. The van der Waals surface area contributed by atoms with Gasteiger partial charge in [-0.3, -0.25) is 9.59 Å². The van der Waals surface area contributed by atoms with Crippen molar-refractivity contribution >= 4 is 54.8 Å². The van der Waals surface area contributed by atoms with Crippen LogP contribution in [0.25, 0.3) is 0 Å². The highest BCUT2D eigenvalue weighted by Crippen LogP contribution is 2.35. The molecule has 0 radical (unpaired) electrons. The SMILES string of the molecule is Cc1cccc(C)c1NC1=C(Br)C(=O)C(Nc2c(C)cccc2C)=C(Br)C1=O. The van der Waals surface area contributed by atoms with E-state index in [1.807, 2.05) is 64.1 Å². The Morgan fingerprint density at radius 3 is 1.18 bits per heavy atom. The zero-order chi connectivity index (χ0) is 20.6. The first kappa shape index (κ1) is 20.6. The van der Waals surface area contributed by atoms with Crippen LogP contribution < -0.4 is 10.6 Å². The highest BCUT2D eigenvalue weighted by atomic mass is 79.9. The van der Waals surface area contributed by atoms with E-state index >= 15 is 0 Å². The van der Waals surface area contributed by atoms with Gasteiger partial charge >= 0.3 is 0 Å². The van der Waals surface area contributed by atoms with E-state index in [1.165, 1.54) is 0 Å². The second-order valence-electron chi connectivity index (χ2n) is 6.82. The summed E-state index contributed by atoms with van der Waals surface area (Å²) >= 11 is 6.67. The molecule has 1 aliphatic carbocycles. The van der Waals surface area contributed by atoms with Gasteiger partial charge in [-0.1, -0.05) is 36.4 Å². The van der Waals surface area contributed by atoms with E-state index in [4.69, 9.17) is 0 Å². The fourth-order valence-electron chi connectivity index (χ4n) is 3.14. The van der Waals surface area contributed by atoms with Crippen LogP contribution in [0.15, 0.2) is 56.8 Å². The second-order valence-corrected chi connectivity index (χ2v) is 8.41. The standard InChI is InChI=1S/C22H20Br2N2O2/c1-11-7-5-8-12(2)17(11)25-19-15(23)22(28)20(16(24)21(19)27)26-18-13(3)9-6-10-14(18)4/h5-10,25-26H,1-4H3. The first-order valence-electron chi connectivity index (χ1n) is 8.77. The minimum atomic E-state index is -0.289. The highest BCUT2D eigenvalue weighted by molar-refractivity contribution is 9.12. The first-order valence-corrected chi connectivity index (χ1v) is 10.4. The van der Waals surface area contributed by atoms with Gasteiger partial charge in [0.2, 0.25) is 11.6 Å². The van der Waals surface area contributed by atoms with Crippen molar-refractivity contribution in [1.29, 1.82) is 0 Å². The largest absolute Gasteiger partial charge is 0.351 e. The molecule has 1 aliphatic rings. The number of carbonyl (C=O) groups excluding carboxylic acids is 2. The molecule has 144 valence electrons. The van der Waals surface area contributed by atoms with Gasteiger partial charge < -0.3 is 10.6 Å². The van der Waals surface area contributed by atoms with Crippen LogP contribution >= 0.6 is 31.9 Å². The van der Waals surface area contributed by atoms with Gasteiger partial charge in [0.15, 0.2) is 0 Å². The summed E-state index contributed by atoms with van der Waals surface area (Å²) in [6.07, 6.45) is 0. The number of rotatable bonds is 4. The number of anilines is 2. The van der Waals surface area contributed by atoms with Crippen molar-refractivity contribution in [2.24, 2.45) is 0 Å². The van der Waals surface area contributed by atoms with E-state index in [1.54, 1.807) is 0 Å². The molecule has 3 rings (SSSR count). The number of benzene rings is 2. The minimum absolute atomic E-state index is 0.206. The van der Waals surface area contributed by atoms with Crippen LogP contribution in [-0.2, 0) is 9.59 Å². The van der Waals surface area contributed by atoms with Gasteiger partial charge in [0.05, 0.1) is 8.96 Å². The summed E-state index contributed by atoms with van der Waals surface area (Å²) in [5.41, 5.74) is 6.06. The zero-order valence-electron chi connectivity index (χ0n) is 16.0. The Hall–Kier alpha value is -2.18. The third kappa shape index (κ3) is 3.71. The molecule has 0 heterocycles. The average Bonchev–Trinajstić information content (AvgIpc) is 2.65. The Kier molecular flexibility index (Phi) is 5.91. The molecular formula is C22H20Br2N2O2. The minimum Gasteiger partial charge on any atom is -0.351 e. The number of nitrogens with one attached hydrogen (secondary N) is 2. The third-order valence-electron chi connectivity index (χ3n) is 4.75. The molecule has 0 bridgehead atoms. The molecule has 0 atom stereocenters. The number of aryl methyl sites for hydroxylation is 4. The Balaban J connectivity index is 1.99. The quantitative estimate of drug-likeness (QED) is 0.517. The molecule has 0 saturated carbocycles. The second kappa shape index (κ2) is 8.05. The molecule has 0 unspecified atom stereocenters. The van der Waals surface area contributed by atoms with Gasteiger partial charge in [-0.2, -0.15) is 0 Å². The number of hydrogen-bond donors (Lipinski definition) is 2. The zero-order valence-corrected chi connectivity index (χ0v) is 19.2. The Morgan fingerprint density at radius 1 is 0.607 bits per heavy atom. The van der Waals surface area contributed by atoms with Crippen LogP contribution in [0.5, 0.6) is 0 Å². The topological polar surface area (TPSA) is 58.2 Å². The fraction of sp³-hybridized carbons (Fsp3) is 0.182. The first-order chi connectivity index (χ1) is 13.2. The summed E-state index contributed by atoms with van der Waals surface area (Å²) in [5.74, 6) is -0.578. The van der Waals surface area contributed by atoms with Gasteiger partial charge in [0, 0.05) is 11.4 Å². The molecule has 28 heavy (non-hydrogen) atoms. The third-order valence-corrected chi connectivity index (χ3v) is 6.27. The molecule has 6 heteroatoms. The van der Waals surface area contributed by atoms with E-state index in [2.05, 4.69) is 42.5 Å². The maximum atomic E-state index is 13.0. The molecule has 2 N–H and O–H groups in total. The predicted molar refractivity (Wildman–Crippen MR) is 121 cm³/mol. The highest BCUT2D eigenvalue weighted by Gasteiger charge is 2.33. The summed E-state index contributed by atoms with van der Waals surface area (Å²) < 4.78 is 0.411. The van der Waals surface area contributed by atoms with E-state index in [0.717, 1.165) is 33.6 Å². The molecule has 0 saturated heterocycles. The van der Waals surface area contributed by atoms with Gasteiger partial charge in [-0.15, -0.1) is 0 Å². The molecule has 0 fully saturated rings. The lowest BCUT2D eigenvalue weighted by molar-refractivity contribution is -0.115. The molecule has 4 nitrogen and oxygen atoms in total. The van der Waals surface area contributed by atoms with Crippen molar-refractivity contribution in [3.05, 3.63) is 79.0 Å². The average molecular weight is 504 g/mol. The van der Waals surface area contributed by atoms with E-state index in [-0.39, 0.29) is 31.9 Å². The Morgan fingerprint density at radius 2 is 0.893 bits per heavy atom. The molecule has 0 aliphatic heterocycles. The smallest absolute Gasteiger partial charge is 0.219 e. The number of Topliss-reactive ketones (excluding diaryl/α,β-unsaturated/α-hetero) is 2. The van der Waals surface area contributed by atoms with Gasteiger partial charge in [-0.05, 0) is 81.8 Å². The van der Waals surface area contributed by atoms with Gasteiger partial charge in [0.25, 0.3) is 0 Å². The number of hydrogen-bond acceptors (Lipinski definition) is 4. The molecule has 2 aromatic rings. The fourth-order valence-corrected chi connectivity index (χ4v) is 4.10. The molecule has 0 aromatic heterocycles. The molecule has 2 aromatic carbocycles. The van der Waals surface area contributed by atoms with Crippen LogP contribution in [0.4, 0.5) is 11.4 Å². The van der Waals surface area contributed by atoms with Gasteiger partial charge in [0.1, 0.15) is 11.4 Å². The molecular weight excluding hydrogens is 484 g/mol. The summed E-state index contributed by atoms with van der Waals surface area (Å²) in [5, 5.41) is 6.31. The summed E-state index contributed by atoms with van der Waals surface area (Å²) in [4.78, 5) is 26.1. The van der Waals surface area contributed by atoms with Gasteiger partial charge in [-0.25, -0.2) is 0 Å². The van der Waals surface area contributed by atoms with E-state index in [9.17, 15) is 9.59 Å². The van der Waals surface area contributed by atoms with Crippen molar-refractivity contribution in [3.8, 4) is 0 Å². The Labute approximate surface area is 181 Å². The lowest BCUT2D eigenvalue weighted by atomic mass is 10.0.